The van der Waals surface area contributed by atoms with Gasteiger partial charge in [0.2, 0.25) is 10.0 Å². The molecule has 1 rings (SSSR count). The Morgan fingerprint density at radius 1 is 1.35 bits per heavy atom. The van der Waals surface area contributed by atoms with Gasteiger partial charge in [-0.1, -0.05) is 15.9 Å². The molecule has 0 fully saturated rings. The fraction of sp³-hybridized carbons (Fsp3) is 0.538. The number of nitrogens with one attached hydrogen (secondary N) is 1. The van der Waals surface area contributed by atoms with Crippen molar-refractivity contribution in [3.63, 3.8) is 0 Å². The molecule has 0 spiro atoms. The minimum Gasteiger partial charge on any atom is -0.385 e. The van der Waals surface area contributed by atoms with Crippen molar-refractivity contribution >= 4 is 26.0 Å². The summed E-state index contributed by atoms with van der Waals surface area (Å²) in [6.07, 6.45) is 1.56. The van der Waals surface area contributed by atoms with E-state index in [2.05, 4.69) is 20.7 Å². The Hall–Kier alpha value is -0.470. The molecule has 0 aliphatic heterocycles. The molecule has 0 saturated heterocycles. The van der Waals surface area contributed by atoms with E-state index < -0.39 is 10.0 Å². The number of ether oxygens (including phenoxy) is 1. The van der Waals surface area contributed by atoms with Crippen molar-refractivity contribution in [3.8, 4) is 0 Å². The molecule has 7 heteroatoms. The van der Waals surface area contributed by atoms with Crippen LogP contribution in [0.1, 0.15) is 24.0 Å². The molecule has 0 heterocycles. The Bertz CT molecular complexity index is 547. The van der Waals surface area contributed by atoms with E-state index >= 15 is 0 Å². The van der Waals surface area contributed by atoms with E-state index in [1.165, 1.54) is 0 Å². The van der Waals surface area contributed by atoms with Crippen LogP contribution in [0.2, 0.25) is 0 Å². The predicted octanol–water partition coefficient (Wildman–Crippen LogP) is 1.92. The van der Waals surface area contributed by atoms with E-state index in [1.807, 2.05) is 6.07 Å². The van der Waals surface area contributed by atoms with Gasteiger partial charge in [-0.25, -0.2) is 13.1 Å². The van der Waals surface area contributed by atoms with E-state index in [1.54, 1.807) is 20.1 Å². The van der Waals surface area contributed by atoms with Gasteiger partial charge >= 0.3 is 0 Å². The van der Waals surface area contributed by atoms with Crippen LogP contribution in [0.15, 0.2) is 21.5 Å². The van der Waals surface area contributed by atoms with Crippen LogP contribution in [-0.4, -0.2) is 28.7 Å². The molecule has 0 aliphatic carbocycles. The fourth-order valence-electron chi connectivity index (χ4n) is 1.76. The normalized spacial score (nSPS) is 11.8. The molecule has 0 atom stereocenters. The number of hydrogen-bond donors (Lipinski definition) is 2. The van der Waals surface area contributed by atoms with Gasteiger partial charge < -0.3 is 10.5 Å². The Morgan fingerprint density at radius 2 is 2.05 bits per heavy atom. The molecule has 0 radical (unpaired) electrons. The monoisotopic (exact) mass is 364 g/mol. The molecule has 0 bridgehead atoms. The first-order valence-electron chi connectivity index (χ1n) is 6.40. The highest BCUT2D eigenvalue weighted by molar-refractivity contribution is 9.10. The zero-order chi connectivity index (χ0) is 15.2. The molecule has 0 aromatic heterocycles. The Kier molecular flexibility index (Phi) is 7.11. The maximum atomic E-state index is 12.3. The van der Waals surface area contributed by atoms with Crippen LogP contribution < -0.4 is 10.5 Å². The van der Waals surface area contributed by atoms with Crippen molar-refractivity contribution in [2.75, 3.05) is 20.3 Å². The summed E-state index contributed by atoms with van der Waals surface area (Å²) in [5.74, 6) is 0. The molecule has 3 N–H and O–H groups in total. The first-order chi connectivity index (χ1) is 9.42. The van der Waals surface area contributed by atoms with Crippen molar-refractivity contribution in [1.29, 1.82) is 0 Å². The highest BCUT2D eigenvalue weighted by atomic mass is 79.9. The molecule has 114 valence electrons. The summed E-state index contributed by atoms with van der Waals surface area (Å²) in [5.41, 5.74) is 7.05. The minimum atomic E-state index is -3.51. The Labute approximate surface area is 129 Å². The number of benzene rings is 1. The van der Waals surface area contributed by atoms with Crippen molar-refractivity contribution in [3.05, 3.63) is 27.7 Å². The molecular weight excluding hydrogens is 344 g/mol. The maximum absolute atomic E-state index is 12.3. The van der Waals surface area contributed by atoms with Gasteiger partial charge in [-0.2, -0.15) is 0 Å². The van der Waals surface area contributed by atoms with Crippen LogP contribution in [0.25, 0.3) is 0 Å². The molecular formula is C13H21BrN2O3S. The van der Waals surface area contributed by atoms with Crippen LogP contribution in [0.4, 0.5) is 0 Å². The van der Waals surface area contributed by atoms with E-state index in [-0.39, 0.29) is 4.90 Å². The topological polar surface area (TPSA) is 81.4 Å². The van der Waals surface area contributed by atoms with Gasteiger partial charge in [-0.15, -0.1) is 0 Å². The van der Waals surface area contributed by atoms with Crippen molar-refractivity contribution in [2.45, 2.75) is 31.2 Å². The summed E-state index contributed by atoms with van der Waals surface area (Å²) in [4.78, 5) is 0.277. The SMILES string of the molecule is COCCCCNS(=O)(=O)c1cc(CN)cc(Br)c1C. The number of sulfonamides is 1. The average Bonchev–Trinajstić information content (AvgIpc) is 2.41. The molecule has 0 amide bonds. The van der Waals surface area contributed by atoms with Crippen LogP contribution in [-0.2, 0) is 21.3 Å². The summed E-state index contributed by atoms with van der Waals surface area (Å²) < 4.78 is 32.9. The maximum Gasteiger partial charge on any atom is 0.240 e. The third-order valence-electron chi connectivity index (χ3n) is 2.95. The van der Waals surface area contributed by atoms with E-state index in [9.17, 15) is 8.42 Å². The number of methoxy groups -OCH3 is 1. The summed E-state index contributed by atoms with van der Waals surface area (Å²) in [7, 11) is -1.88. The predicted molar refractivity (Wildman–Crippen MR) is 83.1 cm³/mol. The molecule has 0 saturated carbocycles. The van der Waals surface area contributed by atoms with Crippen LogP contribution >= 0.6 is 15.9 Å². The number of hydrogen-bond acceptors (Lipinski definition) is 4. The van der Waals surface area contributed by atoms with Crippen LogP contribution in [0.5, 0.6) is 0 Å². The molecule has 5 nitrogen and oxygen atoms in total. The second kappa shape index (κ2) is 8.09. The van der Waals surface area contributed by atoms with Gasteiger partial charge in [-0.3, -0.25) is 0 Å². The van der Waals surface area contributed by atoms with E-state index in [0.717, 1.165) is 22.9 Å². The quantitative estimate of drug-likeness (QED) is 0.690. The van der Waals surface area contributed by atoms with Crippen LogP contribution in [0, 0.1) is 6.92 Å². The third-order valence-corrected chi connectivity index (χ3v) is 5.36. The largest absolute Gasteiger partial charge is 0.385 e. The summed E-state index contributed by atoms with van der Waals surface area (Å²) in [6.45, 7) is 3.10. The molecule has 1 aromatic carbocycles. The fourth-order valence-corrected chi connectivity index (χ4v) is 3.79. The highest BCUT2D eigenvalue weighted by Gasteiger charge is 2.18. The van der Waals surface area contributed by atoms with E-state index in [0.29, 0.717) is 25.3 Å². The van der Waals surface area contributed by atoms with Crippen molar-refractivity contribution in [2.24, 2.45) is 5.73 Å². The molecule has 0 aliphatic rings. The number of nitrogens with two attached hydrogens (primary N) is 1. The lowest BCUT2D eigenvalue weighted by Gasteiger charge is -2.12. The van der Waals surface area contributed by atoms with E-state index in [4.69, 9.17) is 10.5 Å². The first kappa shape index (κ1) is 17.6. The minimum absolute atomic E-state index is 0.277. The van der Waals surface area contributed by atoms with Crippen molar-refractivity contribution in [1.82, 2.24) is 4.72 Å². The zero-order valence-corrected chi connectivity index (χ0v) is 14.2. The lowest BCUT2D eigenvalue weighted by atomic mass is 10.1. The smallest absolute Gasteiger partial charge is 0.240 e. The first-order valence-corrected chi connectivity index (χ1v) is 8.67. The summed E-state index contributed by atoms with van der Waals surface area (Å²) >= 11 is 3.37. The Balaban J connectivity index is 2.84. The summed E-state index contributed by atoms with van der Waals surface area (Å²) in [6, 6.07) is 3.46. The summed E-state index contributed by atoms with van der Waals surface area (Å²) in [5, 5.41) is 0. The highest BCUT2D eigenvalue weighted by Crippen LogP contribution is 2.25. The molecule has 1 aromatic rings. The second-order valence-corrected chi connectivity index (χ2v) is 7.09. The number of unbranched alkanes of at least 4 members (excludes halogenated alkanes) is 1. The van der Waals surface area contributed by atoms with Gasteiger partial charge in [0.15, 0.2) is 0 Å². The van der Waals surface area contributed by atoms with Crippen molar-refractivity contribution < 1.29 is 13.2 Å². The molecule has 0 unspecified atom stereocenters. The van der Waals surface area contributed by atoms with Gasteiger partial charge in [0.1, 0.15) is 0 Å². The number of halogens is 1. The lowest BCUT2D eigenvalue weighted by Crippen LogP contribution is -2.26. The van der Waals surface area contributed by atoms with Gasteiger partial charge in [-0.05, 0) is 43.0 Å². The van der Waals surface area contributed by atoms with Crippen LogP contribution in [0.3, 0.4) is 0 Å². The molecule has 20 heavy (non-hydrogen) atoms. The number of rotatable bonds is 8. The zero-order valence-electron chi connectivity index (χ0n) is 11.8. The van der Waals surface area contributed by atoms with Gasteiger partial charge in [0.05, 0.1) is 4.90 Å². The lowest BCUT2D eigenvalue weighted by molar-refractivity contribution is 0.193. The third kappa shape index (κ3) is 4.82. The standard InChI is InChI=1S/C13H21BrN2O3S/c1-10-12(14)7-11(9-15)8-13(10)20(17,18)16-5-3-4-6-19-2/h7-8,16H,3-6,9,15H2,1-2H3. The Morgan fingerprint density at radius 3 is 2.65 bits per heavy atom. The van der Waals surface area contributed by atoms with Gasteiger partial charge in [0, 0.05) is 31.3 Å². The second-order valence-electron chi connectivity index (χ2n) is 4.50. The van der Waals surface area contributed by atoms with Gasteiger partial charge in [0.25, 0.3) is 0 Å². The average molecular weight is 365 g/mol.